The van der Waals surface area contributed by atoms with Crippen LogP contribution in [-0.2, 0) is 21.5 Å². The minimum atomic E-state index is -0.651. The molecule has 8 heteroatoms. The van der Waals surface area contributed by atoms with Gasteiger partial charge in [-0.25, -0.2) is 0 Å². The van der Waals surface area contributed by atoms with E-state index in [9.17, 15) is 9.59 Å². The highest BCUT2D eigenvalue weighted by Crippen LogP contribution is 2.31. The van der Waals surface area contributed by atoms with Crippen molar-refractivity contribution in [3.63, 3.8) is 0 Å². The molecule has 5 nitrogen and oxygen atoms in total. The fraction of sp³-hybridized carbons (Fsp3) is 0.481. The van der Waals surface area contributed by atoms with Crippen LogP contribution in [0.2, 0.25) is 10.0 Å². The van der Waals surface area contributed by atoms with Gasteiger partial charge < -0.3 is 15.0 Å². The minimum absolute atomic E-state index is 0.00893. The summed E-state index contributed by atoms with van der Waals surface area (Å²) in [7, 11) is 0. The van der Waals surface area contributed by atoms with Crippen molar-refractivity contribution in [1.82, 2.24) is 10.2 Å². The molecule has 1 atom stereocenters. The van der Waals surface area contributed by atoms with Gasteiger partial charge in [-0.1, -0.05) is 76.4 Å². The lowest BCUT2D eigenvalue weighted by Crippen LogP contribution is -2.50. The van der Waals surface area contributed by atoms with E-state index in [4.69, 9.17) is 27.9 Å². The summed E-state index contributed by atoms with van der Waals surface area (Å²) in [6.45, 7) is 10.9. The van der Waals surface area contributed by atoms with Crippen LogP contribution in [0.4, 0.5) is 0 Å². The Morgan fingerprint density at radius 1 is 1.11 bits per heavy atom. The fourth-order valence-electron chi connectivity index (χ4n) is 3.57. The van der Waals surface area contributed by atoms with Crippen molar-refractivity contribution < 1.29 is 14.3 Å². The zero-order valence-corrected chi connectivity index (χ0v) is 24.2. The molecule has 35 heavy (non-hydrogen) atoms. The molecule has 0 unspecified atom stereocenters. The van der Waals surface area contributed by atoms with E-state index in [1.807, 2.05) is 25.1 Å². The van der Waals surface area contributed by atoms with E-state index in [0.29, 0.717) is 34.3 Å². The van der Waals surface area contributed by atoms with Crippen LogP contribution in [0.5, 0.6) is 5.75 Å². The van der Waals surface area contributed by atoms with Crippen molar-refractivity contribution in [2.45, 2.75) is 71.9 Å². The van der Waals surface area contributed by atoms with E-state index in [1.165, 1.54) is 4.90 Å². The summed E-state index contributed by atoms with van der Waals surface area (Å²) < 4.78 is 6.66. The van der Waals surface area contributed by atoms with Crippen LogP contribution >= 0.6 is 39.1 Å². The minimum Gasteiger partial charge on any atom is -0.483 e. The van der Waals surface area contributed by atoms with Gasteiger partial charge in [-0.15, -0.1) is 0 Å². The van der Waals surface area contributed by atoms with Crippen molar-refractivity contribution in [2.75, 3.05) is 13.2 Å². The van der Waals surface area contributed by atoms with Crippen molar-refractivity contribution in [1.29, 1.82) is 0 Å². The number of nitrogens with one attached hydrogen (secondary N) is 1. The van der Waals surface area contributed by atoms with Gasteiger partial charge in [0, 0.05) is 23.1 Å². The molecule has 0 aliphatic rings. The molecule has 0 spiro atoms. The van der Waals surface area contributed by atoms with Crippen LogP contribution in [-0.4, -0.2) is 35.9 Å². The monoisotopic (exact) mass is 584 g/mol. The lowest BCUT2D eigenvalue weighted by Gasteiger charge is -2.31. The van der Waals surface area contributed by atoms with Gasteiger partial charge in [0.25, 0.3) is 5.91 Å². The third-order valence-corrected chi connectivity index (χ3v) is 6.93. The molecule has 1 N–H and O–H groups in total. The summed E-state index contributed by atoms with van der Waals surface area (Å²) in [6.07, 6.45) is 2.30. The predicted octanol–water partition coefficient (Wildman–Crippen LogP) is 7.16. The van der Waals surface area contributed by atoms with Crippen LogP contribution in [0.15, 0.2) is 40.9 Å². The van der Waals surface area contributed by atoms with Crippen molar-refractivity contribution in [3.8, 4) is 5.75 Å². The van der Waals surface area contributed by atoms with Crippen LogP contribution < -0.4 is 10.1 Å². The molecule has 0 saturated heterocycles. The second kappa shape index (κ2) is 13.5. The summed E-state index contributed by atoms with van der Waals surface area (Å²) in [5.74, 6) is 0.0756. The maximum absolute atomic E-state index is 13.4. The van der Waals surface area contributed by atoms with Gasteiger partial charge in [0.05, 0.1) is 4.47 Å². The average molecular weight is 586 g/mol. The summed E-state index contributed by atoms with van der Waals surface area (Å²) in [5.41, 5.74) is 1.85. The Morgan fingerprint density at radius 3 is 2.40 bits per heavy atom. The normalized spacial score (nSPS) is 12.2. The summed E-state index contributed by atoms with van der Waals surface area (Å²) >= 11 is 16.0. The number of halogens is 3. The van der Waals surface area contributed by atoms with Gasteiger partial charge in [-0.05, 0) is 69.6 Å². The number of hydrogen-bond donors (Lipinski definition) is 1. The topological polar surface area (TPSA) is 58.6 Å². The van der Waals surface area contributed by atoms with Crippen LogP contribution in [0, 0.1) is 0 Å². The predicted molar refractivity (Wildman–Crippen MR) is 147 cm³/mol. The number of benzene rings is 2. The maximum Gasteiger partial charge on any atom is 0.261 e. The number of hydrogen-bond acceptors (Lipinski definition) is 3. The first-order valence-corrected chi connectivity index (χ1v) is 13.5. The molecule has 0 heterocycles. The average Bonchev–Trinajstić information content (AvgIpc) is 2.78. The molecule has 2 amide bonds. The molecule has 2 rings (SSSR count). The first kappa shape index (κ1) is 29.5. The Morgan fingerprint density at radius 2 is 1.83 bits per heavy atom. The van der Waals surface area contributed by atoms with Gasteiger partial charge in [-0.2, -0.15) is 0 Å². The molecule has 0 saturated carbocycles. The molecule has 2 aromatic carbocycles. The SMILES string of the molecule is CCCCNC(=O)[C@H](CC)N(Cc1ccc(Cl)cc1Cl)C(=O)COc1ccc(C(C)(C)C)cc1Br. The number of nitrogens with zero attached hydrogens (tertiary/aromatic N) is 1. The molecule has 0 bridgehead atoms. The zero-order valence-electron chi connectivity index (χ0n) is 21.1. The Labute approximate surface area is 227 Å². The summed E-state index contributed by atoms with van der Waals surface area (Å²) in [5, 5.41) is 3.90. The van der Waals surface area contributed by atoms with E-state index in [0.717, 1.165) is 22.9 Å². The molecule has 0 fully saturated rings. The quantitative estimate of drug-likeness (QED) is 0.285. The van der Waals surface area contributed by atoms with Gasteiger partial charge in [-0.3, -0.25) is 9.59 Å². The molecular formula is C27H35BrCl2N2O3. The lowest BCUT2D eigenvalue weighted by atomic mass is 9.87. The number of carbonyl (C=O) groups excluding carboxylic acids is 2. The van der Waals surface area contributed by atoms with Crippen LogP contribution in [0.3, 0.4) is 0 Å². The van der Waals surface area contributed by atoms with E-state index >= 15 is 0 Å². The van der Waals surface area contributed by atoms with Crippen LogP contribution in [0.1, 0.15) is 65.0 Å². The molecule has 2 aromatic rings. The molecule has 0 aromatic heterocycles. The lowest BCUT2D eigenvalue weighted by molar-refractivity contribution is -0.143. The first-order chi connectivity index (χ1) is 16.5. The van der Waals surface area contributed by atoms with E-state index in [1.54, 1.807) is 18.2 Å². The smallest absolute Gasteiger partial charge is 0.261 e. The second-order valence-electron chi connectivity index (χ2n) is 9.51. The highest BCUT2D eigenvalue weighted by atomic mass is 79.9. The third kappa shape index (κ3) is 8.69. The van der Waals surface area contributed by atoms with E-state index < -0.39 is 6.04 Å². The molecule has 0 aliphatic heterocycles. The number of unbranched alkanes of at least 4 members (excludes halogenated alkanes) is 1. The molecule has 0 aliphatic carbocycles. The molecule has 192 valence electrons. The zero-order chi connectivity index (χ0) is 26.2. The van der Waals surface area contributed by atoms with Gasteiger partial charge >= 0.3 is 0 Å². The highest BCUT2D eigenvalue weighted by Gasteiger charge is 2.29. The number of carbonyl (C=O) groups is 2. The highest BCUT2D eigenvalue weighted by molar-refractivity contribution is 9.10. The number of ether oxygens (including phenoxy) is 1. The van der Waals surface area contributed by atoms with Crippen LogP contribution in [0.25, 0.3) is 0 Å². The van der Waals surface area contributed by atoms with Crippen molar-refractivity contribution in [3.05, 3.63) is 62.0 Å². The third-order valence-electron chi connectivity index (χ3n) is 5.72. The van der Waals surface area contributed by atoms with Gasteiger partial charge in [0.1, 0.15) is 11.8 Å². The Bertz CT molecular complexity index is 1020. The second-order valence-corrected chi connectivity index (χ2v) is 11.2. The van der Waals surface area contributed by atoms with Crippen molar-refractivity contribution >= 4 is 50.9 Å². The van der Waals surface area contributed by atoms with Gasteiger partial charge in [0.2, 0.25) is 5.91 Å². The largest absolute Gasteiger partial charge is 0.483 e. The summed E-state index contributed by atoms with van der Waals surface area (Å²) in [4.78, 5) is 27.9. The van der Waals surface area contributed by atoms with E-state index in [2.05, 4.69) is 48.9 Å². The van der Waals surface area contributed by atoms with Crippen molar-refractivity contribution in [2.24, 2.45) is 0 Å². The first-order valence-electron chi connectivity index (χ1n) is 11.9. The van der Waals surface area contributed by atoms with Gasteiger partial charge in [0.15, 0.2) is 6.61 Å². The Hall–Kier alpha value is -1.76. The Balaban J connectivity index is 2.25. The Kier molecular flexibility index (Phi) is 11.4. The van der Waals surface area contributed by atoms with E-state index in [-0.39, 0.29) is 30.4 Å². The molecule has 0 radical (unpaired) electrons. The fourth-order valence-corrected chi connectivity index (χ4v) is 4.53. The standard InChI is InChI=1S/C27H35BrCl2N2O3/c1-6-8-13-31-26(34)23(7-2)32(16-18-9-11-20(29)15-22(18)30)25(33)17-35-24-12-10-19(14-21(24)28)27(3,4)5/h9-12,14-15,23H,6-8,13,16-17H2,1-5H3,(H,31,34)/t23-/m0/s1. The number of amides is 2. The number of rotatable bonds is 11. The molecular weight excluding hydrogens is 551 g/mol. The summed E-state index contributed by atoms with van der Waals surface area (Å²) in [6, 6.07) is 10.3. The maximum atomic E-state index is 13.4.